The average Bonchev–Trinajstić information content (AvgIpc) is 1.57. The highest BCUT2D eigenvalue weighted by atomic mass is 32.1. The van der Waals surface area contributed by atoms with Crippen LogP contribution in [0.2, 0.25) is 0 Å². The van der Waals surface area contributed by atoms with Gasteiger partial charge in [0.2, 0.25) is 0 Å². The van der Waals surface area contributed by atoms with E-state index in [9.17, 15) is 0 Å². The highest BCUT2D eigenvalue weighted by Gasteiger charge is 2.27. The molecule has 22 aromatic rings. The number of hydrogen-bond acceptors (Lipinski definition) is 8. The summed E-state index contributed by atoms with van der Waals surface area (Å²) in [4.78, 5) is 32.5. The summed E-state index contributed by atoms with van der Waals surface area (Å²) < 4.78 is 9.87. The van der Waals surface area contributed by atoms with Gasteiger partial charge in [0, 0.05) is 95.3 Å². The Morgan fingerprint density at radius 2 is 0.644 bits per heavy atom. The molecule has 22 rings (SSSR count). The van der Waals surface area contributed by atoms with Gasteiger partial charge >= 0.3 is 0 Å². The molecular formula is C108H74N8S2. The third-order valence-electron chi connectivity index (χ3n) is 23.5. The number of fused-ring (bicyclic) bond motifs is 12. The molecule has 10 heteroatoms. The van der Waals surface area contributed by atoms with Gasteiger partial charge in [-0.15, -0.1) is 22.7 Å². The maximum absolute atomic E-state index is 5.53. The van der Waals surface area contributed by atoms with Gasteiger partial charge in [0.25, 0.3) is 0 Å². The molecule has 8 nitrogen and oxygen atoms in total. The van der Waals surface area contributed by atoms with E-state index in [1.165, 1.54) is 107 Å². The van der Waals surface area contributed by atoms with E-state index >= 15 is 0 Å². The zero-order chi connectivity index (χ0) is 78.8. The quantitative estimate of drug-likeness (QED) is 0.108. The zero-order valence-electron chi connectivity index (χ0n) is 65.5. The summed E-state index contributed by atoms with van der Waals surface area (Å²) in [6, 6.07) is 125. The molecule has 0 radical (unpaired) electrons. The Kier molecular flexibility index (Phi) is 17.0. The number of thiophene rings is 2. The topological polar surface area (TPSA) is 87.2 Å². The summed E-state index contributed by atoms with van der Waals surface area (Å²) in [6.45, 7) is 11.2. The van der Waals surface area contributed by atoms with Crippen molar-refractivity contribution < 1.29 is 0 Å². The van der Waals surface area contributed by atoms with Crippen LogP contribution in [0.3, 0.4) is 0 Å². The van der Waals surface area contributed by atoms with E-state index in [0.717, 1.165) is 105 Å². The molecule has 0 aliphatic heterocycles. The minimum atomic E-state index is 0.578. The molecule has 0 spiro atoms. The Morgan fingerprint density at radius 3 is 1.20 bits per heavy atom. The number of aromatic nitrogens is 8. The van der Waals surface area contributed by atoms with Crippen LogP contribution < -0.4 is 0 Å². The van der Waals surface area contributed by atoms with Gasteiger partial charge in [0.05, 0.1) is 33.4 Å². The largest absolute Gasteiger partial charge is 0.309 e. The monoisotopic (exact) mass is 1550 g/mol. The molecule has 0 bridgehead atoms. The molecule has 0 saturated heterocycles. The number of benzene rings is 16. The van der Waals surface area contributed by atoms with Crippen LogP contribution >= 0.6 is 22.7 Å². The number of para-hydroxylation sites is 2. The Hall–Kier alpha value is -14.4. The Labute approximate surface area is 690 Å². The van der Waals surface area contributed by atoms with Gasteiger partial charge in [-0.3, -0.25) is 0 Å². The van der Waals surface area contributed by atoms with E-state index in [-0.39, 0.29) is 0 Å². The molecule has 6 heterocycles. The van der Waals surface area contributed by atoms with Gasteiger partial charge in [-0.05, 0) is 186 Å². The Bertz CT molecular complexity index is 7690. The lowest BCUT2D eigenvalue weighted by atomic mass is 9.88. The van der Waals surface area contributed by atoms with Gasteiger partial charge in [-0.1, -0.05) is 284 Å². The van der Waals surface area contributed by atoms with E-state index in [4.69, 9.17) is 29.9 Å². The van der Waals surface area contributed by atoms with Crippen LogP contribution in [-0.4, -0.2) is 39.0 Å². The van der Waals surface area contributed by atoms with Crippen LogP contribution in [0.25, 0.3) is 208 Å². The number of nitrogens with zero attached hydrogens (tertiary/aromatic N) is 8. The Morgan fingerprint density at radius 1 is 0.237 bits per heavy atom. The molecule has 0 amide bonds. The van der Waals surface area contributed by atoms with Crippen LogP contribution in [0.15, 0.2) is 346 Å². The van der Waals surface area contributed by atoms with Crippen LogP contribution in [0.5, 0.6) is 0 Å². The van der Waals surface area contributed by atoms with E-state index < -0.39 is 0 Å². The standard InChI is InChI=1S/C108H74N8S2/c1-64-55-66(3)98(67(4)56-64)75-49-54-91-86(62-75)82-36-19-23-41-90(82)115(91)92-52-48-74(61-87(92)107-111-103(69-27-10-6-11-28-69)109-104(112-107)70-29-12-7-13-30-70)80-50-46-77(102-101(80)85-38-21-25-43-96(85)118-102)59-78-58-65(2)57-68(5)99(78)76-45-51-83-81-35-18-22-40-89(81)116(94(83)63-76)93-53-47-73(79-39-26-44-97-100(79)84-37-20-24-42-95(84)117-97)60-88(93)108-113-105(71-31-14-8-15-32-71)110-106(114-108)72-33-16-9-17-34-72/h6-58,60-63H,59H2,1-5H3. The molecule has 16 aromatic carbocycles. The maximum Gasteiger partial charge on any atom is 0.166 e. The van der Waals surface area contributed by atoms with E-state index in [1.807, 2.05) is 95.5 Å². The summed E-state index contributed by atoms with van der Waals surface area (Å²) >= 11 is 3.72. The lowest BCUT2D eigenvalue weighted by Gasteiger charge is -2.19. The number of rotatable bonds is 14. The van der Waals surface area contributed by atoms with Crippen LogP contribution in [0, 0.1) is 34.6 Å². The lowest BCUT2D eigenvalue weighted by Crippen LogP contribution is -2.04. The molecule has 0 N–H and O–H groups in total. The summed E-state index contributed by atoms with van der Waals surface area (Å²) in [6.07, 6.45) is 0.686. The van der Waals surface area contributed by atoms with Crippen molar-refractivity contribution >= 4 is 107 Å². The van der Waals surface area contributed by atoms with E-state index in [1.54, 1.807) is 0 Å². The first kappa shape index (κ1) is 70.2. The minimum absolute atomic E-state index is 0.578. The summed E-state index contributed by atoms with van der Waals surface area (Å²) in [5.41, 5.74) is 29.6. The molecule has 558 valence electrons. The molecule has 0 unspecified atom stereocenters. The summed E-state index contributed by atoms with van der Waals surface area (Å²) in [7, 11) is 0. The van der Waals surface area contributed by atoms with Gasteiger partial charge in [0.15, 0.2) is 34.9 Å². The molecule has 118 heavy (non-hydrogen) atoms. The number of aryl methyl sites for hydroxylation is 5. The second-order valence-corrected chi connectivity index (χ2v) is 33.3. The second kappa shape index (κ2) is 28.5. The fourth-order valence-corrected chi connectivity index (χ4v) is 20.9. The SMILES string of the molecule is Cc1cc(C)c(-c2ccc3c(c2)c2ccccc2n3-c2ccc(-c3ccc(Cc4cc(C)cc(C)c4-c4ccc5c6ccccc6n(-c6ccc(-c7cccc8sc9ccccc9c78)cc6-c6nc(-c7ccccc7)nc(-c7ccccc7)n6)c5c4)c4sc5ccccc5c34)cc2-c2nc(-c3ccccc3)nc(-c3ccccc3)n2)c(C)c1. The fourth-order valence-electron chi connectivity index (χ4n) is 18.5. The summed E-state index contributed by atoms with van der Waals surface area (Å²) in [5, 5.41) is 9.56. The first-order valence-electron chi connectivity index (χ1n) is 40.2. The molecule has 0 saturated carbocycles. The smallest absolute Gasteiger partial charge is 0.166 e. The molecule has 0 atom stereocenters. The van der Waals surface area contributed by atoms with Crippen molar-refractivity contribution in [3.8, 4) is 124 Å². The van der Waals surface area contributed by atoms with E-state index in [0.29, 0.717) is 41.4 Å². The van der Waals surface area contributed by atoms with Gasteiger partial charge in [0.1, 0.15) is 0 Å². The third-order valence-corrected chi connectivity index (χ3v) is 25.9. The molecule has 6 aromatic heterocycles. The zero-order valence-corrected chi connectivity index (χ0v) is 67.1. The number of hydrogen-bond donors (Lipinski definition) is 0. The highest BCUT2D eigenvalue weighted by molar-refractivity contribution is 7.26. The maximum atomic E-state index is 5.53. The van der Waals surface area contributed by atoms with Crippen molar-refractivity contribution in [1.82, 2.24) is 39.0 Å². The predicted molar refractivity (Wildman–Crippen MR) is 495 cm³/mol. The minimum Gasteiger partial charge on any atom is -0.309 e. The lowest BCUT2D eigenvalue weighted by molar-refractivity contribution is 1.06. The normalized spacial score (nSPS) is 11.8. The molecule has 0 aliphatic rings. The van der Waals surface area contributed by atoms with Crippen molar-refractivity contribution in [3.05, 3.63) is 385 Å². The highest BCUT2D eigenvalue weighted by Crippen LogP contribution is 2.49. The second-order valence-electron chi connectivity index (χ2n) is 31.1. The van der Waals surface area contributed by atoms with E-state index in [2.05, 4.69) is 317 Å². The van der Waals surface area contributed by atoms with Crippen molar-refractivity contribution in [1.29, 1.82) is 0 Å². The fraction of sp³-hybridized carbons (Fsp3) is 0.0556. The van der Waals surface area contributed by atoms with Crippen molar-refractivity contribution in [2.75, 3.05) is 0 Å². The van der Waals surface area contributed by atoms with Gasteiger partial charge in [-0.25, -0.2) is 29.9 Å². The predicted octanol–water partition coefficient (Wildman–Crippen LogP) is 28.8. The average molecular weight is 1550 g/mol. The Balaban J connectivity index is 0.719. The van der Waals surface area contributed by atoms with Crippen molar-refractivity contribution in [3.63, 3.8) is 0 Å². The summed E-state index contributed by atoms with van der Waals surface area (Å²) in [5.74, 6) is 3.56. The van der Waals surface area contributed by atoms with Crippen LogP contribution in [0.1, 0.15) is 38.9 Å². The first-order chi connectivity index (χ1) is 58.0. The molecule has 0 fully saturated rings. The third kappa shape index (κ3) is 12.0. The van der Waals surface area contributed by atoms with Crippen molar-refractivity contribution in [2.24, 2.45) is 0 Å². The van der Waals surface area contributed by atoms with Crippen LogP contribution in [-0.2, 0) is 6.42 Å². The van der Waals surface area contributed by atoms with Crippen molar-refractivity contribution in [2.45, 2.75) is 41.0 Å². The first-order valence-corrected chi connectivity index (χ1v) is 41.8. The molecular weight excluding hydrogens is 1470 g/mol. The van der Waals surface area contributed by atoms with Gasteiger partial charge in [-0.2, -0.15) is 0 Å². The molecule has 0 aliphatic carbocycles. The van der Waals surface area contributed by atoms with Gasteiger partial charge < -0.3 is 9.13 Å². The van der Waals surface area contributed by atoms with Crippen LogP contribution in [0.4, 0.5) is 0 Å².